The van der Waals surface area contributed by atoms with Gasteiger partial charge in [-0.25, -0.2) is 18.0 Å². The van der Waals surface area contributed by atoms with Crippen LogP contribution < -0.4 is 0 Å². The van der Waals surface area contributed by atoms with Crippen LogP contribution in [0, 0.1) is 23.4 Å². The van der Waals surface area contributed by atoms with Crippen molar-refractivity contribution < 1.29 is 27.9 Å². The molecule has 0 bridgehead atoms. The predicted molar refractivity (Wildman–Crippen MR) is 74.3 cm³/mol. The molecule has 0 radical (unpaired) electrons. The number of nitrogens with zero attached hydrogens (tertiary/aromatic N) is 1. The molecule has 4 nitrogen and oxygen atoms in total. The summed E-state index contributed by atoms with van der Waals surface area (Å²) in [5.41, 5.74) is -0.362. The molecule has 23 heavy (non-hydrogen) atoms. The van der Waals surface area contributed by atoms with Crippen molar-refractivity contribution in [1.82, 2.24) is 4.90 Å². The Morgan fingerprint density at radius 3 is 2.30 bits per heavy atom. The Bertz CT molecular complexity index is 641. The average Bonchev–Trinajstić information content (AvgIpc) is 2.91. The fraction of sp³-hybridized carbons (Fsp3) is 0.500. The van der Waals surface area contributed by atoms with E-state index in [1.165, 1.54) is 4.90 Å². The van der Waals surface area contributed by atoms with Crippen LogP contribution in [0.3, 0.4) is 0 Å². The minimum absolute atomic E-state index is 0.0870. The molecule has 1 heterocycles. The molecule has 124 valence electrons. The zero-order chi connectivity index (χ0) is 16.7. The van der Waals surface area contributed by atoms with E-state index >= 15 is 0 Å². The first-order valence-corrected chi connectivity index (χ1v) is 7.60. The molecule has 2 aliphatic rings. The predicted octanol–water partition coefficient (Wildman–Crippen LogP) is 2.96. The van der Waals surface area contributed by atoms with Crippen LogP contribution in [0.15, 0.2) is 12.1 Å². The summed E-state index contributed by atoms with van der Waals surface area (Å²) in [5, 5.41) is 9.38. The van der Waals surface area contributed by atoms with Crippen LogP contribution in [0.25, 0.3) is 0 Å². The summed E-state index contributed by atoms with van der Waals surface area (Å²) in [6, 6.07) is -0.00803. The van der Waals surface area contributed by atoms with Crippen LogP contribution in [0.4, 0.5) is 13.2 Å². The molecule has 0 aromatic heterocycles. The quantitative estimate of drug-likeness (QED) is 0.850. The van der Waals surface area contributed by atoms with Crippen molar-refractivity contribution in [3.05, 3.63) is 35.1 Å². The molecular weight excluding hydrogens is 311 g/mol. The minimum Gasteiger partial charge on any atom is -0.480 e. The number of hydrogen-bond acceptors (Lipinski definition) is 2. The Hall–Kier alpha value is -2.05. The lowest BCUT2D eigenvalue weighted by atomic mass is 9.84. The molecule has 3 unspecified atom stereocenters. The van der Waals surface area contributed by atoms with Gasteiger partial charge in [0.1, 0.15) is 6.04 Å². The van der Waals surface area contributed by atoms with Crippen LogP contribution in [0.1, 0.15) is 42.5 Å². The van der Waals surface area contributed by atoms with Gasteiger partial charge in [0.25, 0.3) is 5.91 Å². The molecule has 1 aliphatic heterocycles. The van der Waals surface area contributed by atoms with E-state index in [1.807, 2.05) is 0 Å². The third kappa shape index (κ3) is 2.68. The largest absolute Gasteiger partial charge is 0.480 e. The number of benzene rings is 1. The summed E-state index contributed by atoms with van der Waals surface area (Å²) in [6.07, 6.45) is 3.72. The molecule has 1 aromatic rings. The highest BCUT2D eigenvalue weighted by Gasteiger charge is 2.47. The number of carbonyl (C=O) groups excluding carboxylic acids is 1. The van der Waals surface area contributed by atoms with Gasteiger partial charge in [-0.1, -0.05) is 12.8 Å². The number of amides is 1. The molecule has 1 aromatic carbocycles. The Labute approximate surface area is 130 Å². The number of likely N-dealkylation sites (tertiary alicyclic amines) is 1. The average molecular weight is 327 g/mol. The summed E-state index contributed by atoms with van der Waals surface area (Å²) >= 11 is 0. The topological polar surface area (TPSA) is 57.6 Å². The SMILES string of the molecule is O=C(O)C1CC2CCCCC2N1C(=O)c1cc(F)c(F)c(F)c1. The van der Waals surface area contributed by atoms with E-state index < -0.39 is 35.4 Å². The van der Waals surface area contributed by atoms with Gasteiger partial charge in [-0.05, 0) is 37.3 Å². The van der Waals surface area contributed by atoms with Crippen LogP contribution in [-0.4, -0.2) is 34.0 Å². The van der Waals surface area contributed by atoms with Crippen molar-refractivity contribution in [2.75, 3.05) is 0 Å². The number of hydrogen-bond donors (Lipinski definition) is 1. The Morgan fingerprint density at radius 2 is 1.70 bits per heavy atom. The monoisotopic (exact) mass is 327 g/mol. The van der Waals surface area contributed by atoms with E-state index in [9.17, 15) is 27.9 Å². The first-order chi connectivity index (χ1) is 10.9. The molecule has 2 fully saturated rings. The highest BCUT2D eigenvalue weighted by Crippen LogP contribution is 2.40. The molecule has 1 saturated carbocycles. The molecular formula is C16H16F3NO3. The van der Waals surface area contributed by atoms with Gasteiger partial charge in [-0.15, -0.1) is 0 Å². The van der Waals surface area contributed by atoms with Gasteiger partial charge in [-0.3, -0.25) is 4.79 Å². The van der Waals surface area contributed by atoms with Gasteiger partial charge in [0.05, 0.1) is 0 Å². The first-order valence-electron chi connectivity index (χ1n) is 7.60. The number of fused-ring (bicyclic) bond motifs is 1. The summed E-state index contributed by atoms with van der Waals surface area (Å²) in [5.74, 6) is -6.36. The zero-order valence-electron chi connectivity index (χ0n) is 12.3. The minimum atomic E-state index is -1.65. The van der Waals surface area contributed by atoms with Crippen molar-refractivity contribution in [2.45, 2.75) is 44.2 Å². The molecule has 3 atom stereocenters. The van der Waals surface area contributed by atoms with Crippen molar-refractivity contribution >= 4 is 11.9 Å². The normalized spacial score (nSPS) is 26.9. The van der Waals surface area contributed by atoms with Gasteiger partial charge in [0, 0.05) is 11.6 Å². The van der Waals surface area contributed by atoms with Crippen molar-refractivity contribution in [1.29, 1.82) is 0 Å². The molecule has 1 aliphatic carbocycles. The third-order valence-corrected chi connectivity index (χ3v) is 4.84. The second-order valence-electron chi connectivity index (χ2n) is 6.17. The van der Waals surface area contributed by atoms with E-state index in [0.29, 0.717) is 25.0 Å². The second kappa shape index (κ2) is 5.86. The Kier molecular flexibility index (Phi) is 4.04. The highest BCUT2D eigenvalue weighted by atomic mass is 19.2. The van der Waals surface area contributed by atoms with E-state index in [4.69, 9.17) is 0 Å². The van der Waals surface area contributed by atoms with Gasteiger partial charge >= 0.3 is 5.97 Å². The van der Waals surface area contributed by atoms with Crippen molar-refractivity contribution in [3.63, 3.8) is 0 Å². The third-order valence-electron chi connectivity index (χ3n) is 4.84. The highest BCUT2D eigenvalue weighted by molar-refractivity contribution is 5.97. The maximum atomic E-state index is 13.4. The molecule has 1 saturated heterocycles. The maximum Gasteiger partial charge on any atom is 0.326 e. The molecule has 3 rings (SSSR count). The lowest BCUT2D eigenvalue weighted by Gasteiger charge is -2.33. The first kappa shape index (κ1) is 15.8. The summed E-state index contributed by atoms with van der Waals surface area (Å²) < 4.78 is 39.8. The van der Waals surface area contributed by atoms with Crippen molar-refractivity contribution in [3.8, 4) is 0 Å². The molecule has 0 spiro atoms. The standard InChI is InChI=1S/C16H16F3NO3/c17-10-5-9(6-11(18)14(10)19)15(21)20-12-4-2-1-3-8(12)7-13(20)16(22)23/h5-6,8,12-13H,1-4,7H2,(H,22,23). The summed E-state index contributed by atoms with van der Waals surface area (Å²) in [4.78, 5) is 25.3. The summed E-state index contributed by atoms with van der Waals surface area (Å²) in [7, 11) is 0. The van der Waals surface area contributed by atoms with Crippen molar-refractivity contribution in [2.24, 2.45) is 5.92 Å². The lowest BCUT2D eigenvalue weighted by molar-refractivity contribution is -0.141. The molecule has 7 heteroatoms. The number of aliphatic carboxylic acids is 1. The van der Waals surface area contributed by atoms with E-state index in [-0.39, 0.29) is 17.5 Å². The van der Waals surface area contributed by atoms with Gasteiger partial charge in [0.2, 0.25) is 0 Å². The fourth-order valence-corrected chi connectivity index (χ4v) is 3.80. The van der Waals surface area contributed by atoms with Crippen LogP contribution >= 0.6 is 0 Å². The number of carbonyl (C=O) groups is 2. The van der Waals surface area contributed by atoms with E-state index in [0.717, 1.165) is 19.3 Å². The van der Waals surface area contributed by atoms with E-state index in [2.05, 4.69) is 0 Å². The maximum absolute atomic E-state index is 13.4. The molecule has 1 amide bonds. The number of carboxylic acids is 1. The van der Waals surface area contributed by atoms with Crippen LogP contribution in [0.5, 0.6) is 0 Å². The summed E-state index contributed by atoms with van der Waals surface area (Å²) in [6.45, 7) is 0. The van der Waals surface area contributed by atoms with Gasteiger partial charge in [0.15, 0.2) is 17.5 Å². The number of rotatable bonds is 2. The van der Waals surface area contributed by atoms with Crippen LogP contribution in [-0.2, 0) is 4.79 Å². The smallest absolute Gasteiger partial charge is 0.326 e. The molecule has 1 N–H and O–H groups in total. The lowest BCUT2D eigenvalue weighted by Crippen LogP contribution is -2.46. The fourth-order valence-electron chi connectivity index (χ4n) is 3.80. The Morgan fingerprint density at radius 1 is 1.09 bits per heavy atom. The number of halogens is 3. The van der Waals surface area contributed by atoms with E-state index in [1.54, 1.807) is 0 Å². The Balaban J connectivity index is 1.97. The van der Waals surface area contributed by atoms with Crippen LogP contribution in [0.2, 0.25) is 0 Å². The van der Waals surface area contributed by atoms with Gasteiger partial charge in [-0.2, -0.15) is 0 Å². The second-order valence-corrected chi connectivity index (χ2v) is 6.17. The van der Waals surface area contributed by atoms with Gasteiger partial charge < -0.3 is 10.0 Å². The zero-order valence-corrected chi connectivity index (χ0v) is 12.3. The number of carboxylic acid groups (broad SMARTS) is 1.